The highest BCUT2D eigenvalue weighted by Gasteiger charge is 2.34. The maximum Gasteiger partial charge on any atom is 0.413 e. The van der Waals surface area contributed by atoms with E-state index in [9.17, 15) is 18.4 Å². The van der Waals surface area contributed by atoms with Gasteiger partial charge in [-0.2, -0.15) is 8.78 Å². The Balaban J connectivity index is 1.54. The molecule has 2 fully saturated rings. The van der Waals surface area contributed by atoms with Gasteiger partial charge in [-0.25, -0.2) is 9.18 Å². The first kappa shape index (κ1) is 28.4. The van der Waals surface area contributed by atoms with E-state index < -0.39 is 29.7 Å². The quantitative estimate of drug-likeness (QED) is 0.354. The van der Waals surface area contributed by atoms with Crippen LogP contribution in [0.4, 0.5) is 23.7 Å². The minimum atomic E-state index is -3.26. The minimum absolute atomic E-state index is 0.00880. The number of piperazine rings is 1. The Morgan fingerprint density at radius 2 is 1.88 bits per heavy atom. The van der Waals surface area contributed by atoms with Gasteiger partial charge in [-0.1, -0.05) is 29.3 Å². The average Bonchev–Trinajstić information content (AvgIpc) is 3.70. The van der Waals surface area contributed by atoms with Crippen molar-refractivity contribution in [2.24, 2.45) is 0 Å². The number of carbonyl (C=O) groups is 1. The van der Waals surface area contributed by atoms with Gasteiger partial charge in [0.15, 0.2) is 17.3 Å². The molecule has 3 aromatic rings. The van der Waals surface area contributed by atoms with Gasteiger partial charge in [0.2, 0.25) is 5.43 Å². The second-order valence-corrected chi connectivity index (χ2v) is 11.0. The molecule has 13 heteroatoms. The summed E-state index contributed by atoms with van der Waals surface area (Å²) in [6.07, 6.45) is 1.73. The topological polar surface area (TPSA) is 84.8 Å². The average molecular weight is 599 g/mol. The fraction of sp³-hybridized carbons (Fsp3) is 0.407. The van der Waals surface area contributed by atoms with Crippen LogP contribution in [0.25, 0.3) is 10.9 Å². The second kappa shape index (κ2) is 11.4. The van der Waals surface area contributed by atoms with E-state index in [1.165, 1.54) is 12.3 Å². The molecule has 1 aliphatic heterocycles. The number of nitrogens with zero attached hydrogens (tertiary/aromatic N) is 2. The van der Waals surface area contributed by atoms with Crippen LogP contribution >= 0.6 is 23.2 Å². The summed E-state index contributed by atoms with van der Waals surface area (Å²) < 4.78 is 54.9. The summed E-state index contributed by atoms with van der Waals surface area (Å²) in [5.74, 6) is -1.68. The number of hydrogen-bond acceptors (Lipinski definition) is 6. The Morgan fingerprint density at radius 3 is 2.50 bits per heavy atom. The first-order chi connectivity index (χ1) is 19.0. The number of nitrogens with one attached hydrogen (secondary N) is 2. The number of hydrogen-bond donors (Lipinski definition) is 2. The first-order valence-corrected chi connectivity index (χ1v) is 13.5. The molecular formula is C27H27Cl2F3N4O4. The molecule has 2 heterocycles. The molecule has 1 saturated carbocycles. The lowest BCUT2D eigenvalue weighted by Crippen LogP contribution is -2.54. The molecule has 8 nitrogen and oxygen atoms in total. The van der Waals surface area contributed by atoms with E-state index in [4.69, 9.17) is 32.7 Å². The van der Waals surface area contributed by atoms with Gasteiger partial charge in [0, 0.05) is 47.8 Å². The molecule has 40 heavy (non-hydrogen) atoms. The fourth-order valence-electron chi connectivity index (χ4n) is 5.10. The third-order valence-corrected chi connectivity index (χ3v) is 7.41. The number of aromatic nitrogens is 1. The van der Waals surface area contributed by atoms with Crippen LogP contribution in [0.1, 0.15) is 38.3 Å². The van der Waals surface area contributed by atoms with E-state index in [-0.39, 0.29) is 47.0 Å². The van der Waals surface area contributed by atoms with Gasteiger partial charge in [0.25, 0.3) is 0 Å². The summed E-state index contributed by atoms with van der Waals surface area (Å²) in [7, 11) is 0. The number of carbonyl (C=O) groups excluding carboxylic acids is 1. The van der Waals surface area contributed by atoms with Crippen LogP contribution in [-0.4, -0.2) is 42.4 Å². The van der Waals surface area contributed by atoms with Gasteiger partial charge in [0.1, 0.15) is 5.69 Å². The second-order valence-electron chi connectivity index (χ2n) is 10.1. The summed E-state index contributed by atoms with van der Waals surface area (Å²) in [5, 5.41) is 6.36. The van der Waals surface area contributed by atoms with E-state index in [0.717, 1.165) is 6.07 Å². The van der Waals surface area contributed by atoms with Gasteiger partial charge in [-0.05, 0) is 50.5 Å². The SMILES string of the molecule is CC1CN(c2c(F)cc3c(=O)c(OC(=O)NCc4ccc(Cl)cc4Cl)cn(C4CC4)c3c2OC(F)F)CC(C)N1. The predicted octanol–water partition coefficient (Wildman–Crippen LogP) is 5.86. The molecule has 1 saturated heterocycles. The maximum absolute atomic E-state index is 15.7. The monoisotopic (exact) mass is 598 g/mol. The van der Waals surface area contributed by atoms with Gasteiger partial charge in [0.05, 0.1) is 17.1 Å². The van der Waals surface area contributed by atoms with Gasteiger partial charge >= 0.3 is 12.7 Å². The number of benzene rings is 2. The maximum atomic E-state index is 15.7. The van der Waals surface area contributed by atoms with Crippen LogP contribution < -0.4 is 30.4 Å². The lowest BCUT2D eigenvalue weighted by atomic mass is 10.1. The largest absolute Gasteiger partial charge is 0.430 e. The van der Waals surface area contributed by atoms with E-state index >= 15 is 4.39 Å². The molecule has 1 amide bonds. The predicted molar refractivity (Wildman–Crippen MR) is 147 cm³/mol. The van der Waals surface area contributed by atoms with Crippen LogP contribution in [0.3, 0.4) is 0 Å². The number of ether oxygens (including phenoxy) is 2. The summed E-state index contributed by atoms with van der Waals surface area (Å²) in [5.41, 5.74) is -0.369. The van der Waals surface area contributed by atoms with Crippen LogP contribution in [0.5, 0.6) is 11.5 Å². The molecule has 1 aromatic heterocycles. The van der Waals surface area contributed by atoms with Crippen molar-refractivity contribution in [2.75, 3.05) is 18.0 Å². The standard InChI is InChI=1S/C27H27Cl2F3N4O4/c1-13-10-35(11-14(2)34-13)23-20(30)8-18-22(25(23)40-26(31)32)36(17-5-6-17)12-21(24(18)37)39-27(38)33-9-15-3-4-16(28)7-19(15)29/h3-4,7-8,12-14,17,26,34H,5-6,9-11H2,1-2H3,(H,33,38). The number of pyridine rings is 1. The molecule has 2 aromatic carbocycles. The zero-order valence-corrected chi connectivity index (χ0v) is 23.2. The Morgan fingerprint density at radius 1 is 1.18 bits per heavy atom. The lowest BCUT2D eigenvalue weighted by molar-refractivity contribution is -0.0488. The number of amides is 1. The minimum Gasteiger partial charge on any atom is -0.430 e. The van der Waals surface area contributed by atoms with E-state index in [0.29, 0.717) is 41.5 Å². The Hall–Kier alpha value is -3.15. The number of rotatable bonds is 7. The zero-order valence-electron chi connectivity index (χ0n) is 21.6. The molecule has 0 radical (unpaired) electrons. The number of fused-ring (bicyclic) bond motifs is 1. The summed E-state index contributed by atoms with van der Waals surface area (Å²) >= 11 is 12.0. The zero-order chi connectivity index (χ0) is 28.7. The number of halogens is 5. The van der Waals surface area contributed by atoms with Crippen molar-refractivity contribution in [1.82, 2.24) is 15.2 Å². The molecular weight excluding hydrogens is 572 g/mol. The molecule has 1 aliphatic carbocycles. The van der Waals surface area contributed by atoms with E-state index in [1.807, 2.05) is 13.8 Å². The van der Waals surface area contributed by atoms with Crippen molar-refractivity contribution < 1.29 is 27.4 Å². The molecule has 2 unspecified atom stereocenters. The number of alkyl halides is 2. The Labute approximate surface area is 237 Å². The summed E-state index contributed by atoms with van der Waals surface area (Å²) in [4.78, 5) is 27.7. The molecule has 214 valence electrons. The molecule has 5 rings (SSSR count). The highest BCUT2D eigenvalue weighted by atomic mass is 35.5. The Bertz CT molecular complexity index is 1510. The summed E-state index contributed by atoms with van der Waals surface area (Å²) in [6, 6.07) is 5.51. The summed E-state index contributed by atoms with van der Waals surface area (Å²) in [6.45, 7) is 1.24. The van der Waals surface area contributed by atoms with Crippen molar-refractivity contribution in [2.45, 2.75) is 58.0 Å². The van der Waals surface area contributed by atoms with Gasteiger partial charge in [-0.15, -0.1) is 0 Å². The van der Waals surface area contributed by atoms with E-state index in [1.54, 1.807) is 21.6 Å². The first-order valence-electron chi connectivity index (χ1n) is 12.8. The molecule has 2 atom stereocenters. The van der Waals surface area contributed by atoms with Crippen molar-refractivity contribution in [3.8, 4) is 11.5 Å². The highest BCUT2D eigenvalue weighted by Crippen LogP contribution is 2.45. The number of anilines is 1. The normalized spacial score (nSPS) is 19.2. The fourth-order valence-corrected chi connectivity index (χ4v) is 5.58. The van der Waals surface area contributed by atoms with Crippen LogP contribution in [0.15, 0.2) is 35.3 Å². The lowest BCUT2D eigenvalue weighted by Gasteiger charge is -2.38. The molecule has 0 spiro atoms. The molecule has 2 aliphatic rings. The third kappa shape index (κ3) is 5.96. The van der Waals surface area contributed by atoms with Crippen LogP contribution in [0.2, 0.25) is 10.0 Å². The van der Waals surface area contributed by atoms with Crippen molar-refractivity contribution in [3.63, 3.8) is 0 Å². The smallest absolute Gasteiger partial charge is 0.413 e. The molecule has 2 N–H and O–H groups in total. The highest BCUT2D eigenvalue weighted by molar-refractivity contribution is 6.35. The van der Waals surface area contributed by atoms with Crippen molar-refractivity contribution in [3.05, 3.63) is 62.1 Å². The molecule has 0 bridgehead atoms. The van der Waals surface area contributed by atoms with Crippen LogP contribution in [0, 0.1) is 5.82 Å². The van der Waals surface area contributed by atoms with Crippen LogP contribution in [-0.2, 0) is 6.54 Å². The van der Waals surface area contributed by atoms with Crippen molar-refractivity contribution >= 4 is 45.9 Å². The van der Waals surface area contributed by atoms with Gasteiger partial charge in [-0.3, -0.25) is 4.79 Å². The Kier molecular flexibility index (Phi) is 8.08. The van der Waals surface area contributed by atoms with E-state index in [2.05, 4.69) is 10.6 Å². The third-order valence-electron chi connectivity index (χ3n) is 6.83. The van der Waals surface area contributed by atoms with Gasteiger partial charge < -0.3 is 29.6 Å². The van der Waals surface area contributed by atoms with Crippen molar-refractivity contribution in [1.29, 1.82) is 0 Å².